The number of rotatable bonds is 2. The van der Waals surface area contributed by atoms with Crippen LogP contribution in [0.5, 0.6) is 0 Å². The molecule has 0 aromatic carbocycles. The predicted molar refractivity (Wildman–Crippen MR) is 45.8 cm³/mol. The first-order valence-corrected chi connectivity index (χ1v) is 6.24. The van der Waals surface area contributed by atoms with Crippen molar-refractivity contribution in [2.75, 3.05) is 18.1 Å². The summed E-state index contributed by atoms with van der Waals surface area (Å²) in [6.07, 6.45) is 0. The van der Waals surface area contributed by atoms with Gasteiger partial charge in [-0.25, -0.2) is 8.42 Å². The van der Waals surface area contributed by atoms with Gasteiger partial charge in [0.25, 0.3) is 0 Å². The number of carbonyl (C=O) groups excluding carboxylic acids is 1. The molecule has 0 bridgehead atoms. The van der Waals surface area contributed by atoms with Crippen molar-refractivity contribution < 1.29 is 17.9 Å². The van der Waals surface area contributed by atoms with Crippen LogP contribution in [0.3, 0.4) is 0 Å². The van der Waals surface area contributed by atoms with Crippen LogP contribution in [0.15, 0.2) is 0 Å². The van der Waals surface area contributed by atoms with Gasteiger partial charge in [-0.3, -0.25) is 4.79 Å². The van der Waals surface area contributed by atoms with Crippen molar-refractivity contribution in [3.8, 4) is 0 Å². The SMILES string of the molecule is CCOC(=O)[C@@H]1[C@@H]2CS(=O)(=O)C[C@@H]21. The molecular formula is C8H12O4S. The molecular weight excluding hydrogens is 192 g/mol. The van der Waals surface area contributed by atoms with Crippen LogP contribution in [0, 0.1) is 17.8 Å². The van der Waals surface area contributed by atoms with E-state index in [0.29, 0.717) is 6.61 Å². The highest BCUT2D eigenvalue weighted by molar-refractivity contribution is 7.91. The Balaban J connectivity index is 1.96. The number of esters is 1. The second-order valence-corrected chi connectivity index (χ2v) is 5.84. The van der Waals surface area contributed by atoms with E-state index in [-0.39, 0.29) is 35.2 Å². The quantitative estimate of drug-likeness (QED) is 0.586. The molecule has 74 valence electrons. The second kappa shape index (κ2) is 2.70. The third-order valence-electron chi connectivity index (χ3n) is 2.78. The van der Waals surface area contributed by atoms with Gasteiger partial charge in [0.1, 0.15) is 0 Å². The molecule has 1 aliphatic carbocycles. The molecule has 2 rings (SSSR count). The lowest BCUT2D eigenvalue weighted by Gasteiger charge is -2.03. The van der Waals surface area contributed by atoms with E-state index in [0.717, 1.165) is 0 Å². The molecule has 1 saturated carbocycles. The Hall–Kier alpha value is -0.580. The van der Waals surface area contributed by atoms with Crippen LogP contribution in [0.25, 0.3) is 0 Å². The van der Waals surface area contributed by atoms with Gasteiger partial charge >= 0.3 is 5.97 Å². The summed E-state index contributed by atoms with van der Waals surface area (Å²) in [6, 6.07) is 0. The largest absolute Gasteiger partial charge is 0.466 e. The number of hydrogen-bond donors (Lipinski definition) is 0. The Morgan fingerprint density at radius 3 is 2.38 bits per heavy atom. The number of carbonyl (C=O) groups is 1. The van der Waals surface area contributed by atoms with Crippen LogP contribution < -0.4 is 0 Å². The normalized spacial score (nSPS) is 39.6. The third kappa shape index (κ3) is 1.45. The van der Waals surface area contributed by atoms with Gasteiger partial charge in [-0.1, -0.05) is 0 Å². The maximum absolute atomic E-state index is 11.2. The average Bonchev–Trinajstić information content (AvgIpc) is 2.51. The van der Waals surface area contributed by atoms with E-state index in [9.17, 15) is 13.2 Å². The van der Waals surface area contributed by atoms with Crippen LogP contribution in [-0.2, 0) is 19.4 Å². The minimum absolute atomic E-state index is 0.0593. The Morgan fingerprint density at radius 2 is 1.92 bits per heavy atom. The van der Waals surface area contributed by atoms with Gasteiger partial charge in [0.2, 0.25) is 0 Å². The predicted octanol–water partition coefficient (Wildman–Crippen LogP) is -0.160. The second-order valence-electron chi connectivity index (χ2n) is 3.68. The fourth-order valence-electron chi connectivity index (χ4n) is 2.14. The first-order valence-electron chi connectivity index (χ1n) is 4.42. The molecule has 13 heavy (non-hydrogen) atoms. The summed E-state index contributed by atoms with van der Waals surface area (Å²) in [5, 5.41) is 0. The van der Waals surface area contributed by atoms with E-state index in [4.69, 9.17) is 4.74 Å². The summed E-state index contributed by atoms with van der Waals surface area (Å²) < 4.78 is 26.9. The summed E-state index contributed by atoms with van der Waals surface area (Å²) in [5.41, 5.74) is 0. The molecule has 0 aromatic rings. The van der Waals surface area contributed by atoms with Gasteiger partial charge in [-0.05, 0) is 18.8 Å². The lowest BCUT2D eigenvalue weighted by molar-refractivity contribution is -0.145. The topological polar surface area (TPSA) is 60.4 Å². The summed E-state index contributed by atoms with van der Waals surface area (Å²) in [7, 11) is -2.83. The minimum atomic E-state index is -2.83. The number of sulfone groups is 1. The van der Waals surface area contributed by atoms with Crippen LogP contribution in [0.2, 0.25) is 0 Å². The fraction of sp³-hybridized carbons (Fsp3) is 0.875. The zero-order chi connectivity index (χ0) is 9.64. The van der Waals surface area contributed by atoms with Crippen LogP contribution in [0.4, 0.5) is 0 Å². The summed E-state index contributed by atoms with van der Waals surface area (Å²) >= 11 is 0. The molecule has 1 heterocycles. The van der Waals surface area contributed by atoms with E-state index >= 15 is 0 Å². The van der Waals surface area contributed by atoms with Crippen molar-refractivity contribution in [2.24, 2.45) is 17.8 Å². The molecule has 2 fully saturated rings. The number of ether oxygens (including phenoxy) is 1. The van der Waals surface area contributed by atoms with Gasteiger partial charge in [-0.15, -0.1) is 0 Å². The Bertz CT molecular complexity index is 314. The Labute approximate surface area is 77.2 Å². The summed E-state index contributed by atoms with van der Waals surface area (Å²) in [5.74, 6) is 0.145. The first-order chi connectivity index (χ1) is 6.05. The molecule has 0 radical (unpaired) electrons. The molecule has 0 N–H and O–H groups in total. The number of hydrogen-bond acceptors (Lipinski definition) is 4. The van der Waals surface area contributed by atoms with Gasteiger partial charge in [0.15, 0.2) is 9.84 Å². The molecule has 4 nitrogen and oxygen atoms in total. The standard InChI is InChI=1S/C8H12O4S/c1-2-12-8(9)7-5-3-13(10,11)4-6(5)7/h5-7H,2-4H2,1H3/t5-,6+,7-. The van der Waals surface area contributed by atoms with Crippen molar-refractivity contribution in [3.63, 3.8) is 0 Å². The van der Waals surface area contributed by atoms with Crippen LogP contribution in [0.1, 0.15) is 6.92 Å². The van der Waals surface area contributed by atoms with E-state index in [1.165, 1.54) is 0 Å². The lowest BCUT2D eigenvalue weighted by Crippen LogP contribution is -2.17. The van der Waals surface area contributed by atoms with E-state index in [1.54, 1.807) is 6.92 Å². The van der Waals surface area contributed by atoms with E-state index < -0.39 is 9.84 Å². The van der Waals surface area contributed by atoms with Crippen LogP contribution >= 0.6 is 0 Å². The van der Waals surface area contributed by atoms with Crippen molar-refractivity contribution in [3.05, 3.63) is 0 Å². The fourth-order valence-corrected chi connectivity index (χ4v) is 4.36. The Morgan fingerprint density at radius 1 is 1.38 bits per heavy atom. The molecule has 1 aliphatic heterocycles. The maximum Gasteiger partial charge on any atom is 0.309 e. The Kier molecular flexibility index (Phi) is 1.87. The van der Waals surface area contributed by atoms with Gasteiger partial charge in [0.05, 0.1) is 24.0 Å². The van der Waals surface area contributed by atoms with E-state index in [1.807, 2.05) is 0 Å². The molecule has 0 spiro atoms. The molecule has 3 atom stereocenters. The molecule has 0 aromatic heterocycles. The van der Waals surface area contributed by atoms with E-state index in [2.05, 4.69) is 0 Å². The molecule has 2 aliphatic rings. The highest BCUT2D eigenvalue weighted by atomic mass is 32.2. The number of fused-ring (bicyclic) bond motifs is 1. The van der Waals surface area contributed by atoms with Gasteiger partial charge < -0.3 is 4.74 Å². The van der Waals surface area contributed by atoms with Crippen molar-refractivity contribution in [1.82, 2.24) is 0 Å². The monoisotopic (exact) mass is 204 g/mol. The van der Waals surface area contributed by atoms with Crippen molar-refractivity contribution in [1.29, 1.82) is 0 Å². The van der Waals surface area contributed by atoms with Gasteiger partial charge in [-0.2, -0.15) is 0 Å². The zero-order valence-electron chi connectivity index (χ0n) is 7.39. The minimum Gasteiger partial charge on any atom is -0.466 e. The lowest BCUT2D eigenvalue weighted by atomic mass is 10.3. The molecule has 5 heteroatoms. The molecule has 0 amide bonds. The van der Waals surface area contributed by atoms with Crippen LogP contribution in [-0.4, -0.2) is 32.5 Å². The summed E-state index contributed by atoms with van der Waals surface area (Å²) in [6.45, 7) is 2.13. The molecule has 0 unspecified atom stereocenters. The third-order valence-corrected chi connectivity index (χ3v) is 4.57. The molecule has 1 saturated heterocycles. The smallest absolute Gasteiger partial charge is 0.309 e. The average molecular weight is 204 g/mol. The first kappa shape index (κ1) is 8.99. The maximum atomic E-state index is 11.2. The highest BCUT2D eigenvalue weighted by Crippen LogP contribution is 2.53. The summed E-state index contributed by atoms with van der Waals surface area (Å²) in [4.78, 5) is 11.2. The van der Waals surface area contributed by atoms with Crippen molar-refractivity contribution in [2.45, 2.75) is 6.92 Å². The highest BCUT2D eigenvalue weighted by Gasteiger charge is 2.62. The van der Waals surface area contributed by atoms with Crippen molar-refractivity contribution >= 4 is 15.8 Å². The van der Waals surface area contributed by atoms with Gasteiger partial charge in [0, 0.05) is 0 Å². The zero-order valence-corrected chi connectivity index (χ0v) is 8.21.